The van der Waals surface area contributed by atoms with Crippen LogP contribution in [0.3, 0.4) is 0 Å². The highest BCUT2D eigenvalue weighted by atomic mass is 16.3. The predicted molar refractivity (Wildman–Crippen MR) is 114 cm³/mol. The molecule has 1 atom stereocenters. The van der Waals surface area contributed by atoms with Crippen molar-refractivity contribution >= 4 is 22.3 Å². The molecule has 0 saturated heterocycles. The number of aromatic nitrogens is 1. The quantitative estimate of drug-likeness (QED) is 0.353. The SMILES string of the molecule is Nc1ccc2[nH]c(O)c(C(=NC3CCc4ccccc43)c3ccccc3)c2c1. The number of nitrogens with one attached hydrogen (secondary N) is 1. The summed E-state index contributed by atoms with van der Waals surface area (Å²) in [6.07, 6.45) is 2.00. The van der Waals surface area contributed by atoms with Gasteiger partial charge in [0.15, 0.2) is 5.88 Å². The molecule has 4 N–H and O–H groups in total. The summed E-state index contributed by atoms with van der Waals surface area (Å²) in [7, 11) is 0. The second kappa shape index (κ2) is 6.57. The Bertz CT molecular complexity index is 1190. The summed E-state index contributed by atoms with van der Waals surface area (Å²) in [4.78, 5) is 8.23. The van der Waals surface area contributed by atoms with Crippen molar-refractivity contribution in [1.82, 2.24) is 4.98 Å². The fourth-order valence-corrected chi connectivity index (χ4v) is 4.14. The third kappa shape index (κ3) is 2.74. The molecule has 0 bridgehead atoms. The van der Waals surface area contributed by atoms with E-state index in [1.54, 1.807) is 0 Å². The largest absolute Gasteiger partial charge is 0.494 e. The number of H-pyrrole nitrogens is 1. The summed E-state index contributed by atoms with van der Waals surface area (Å²) in [5.74, 6) is 0.120. The van der Waals surface area contributed by atoms with Gasteiger partial charge in [0.1, 0.15) is 0 Å². The van der Waals surface area contributed by atoms with E-state index < -0.39 is 0 Å². The van der Waals surface area contributed by atoms with Gasteiger partial charge in [0.05, 0.1) is 17.3 Å². The van der Waals surface area contributed by atoms with Crippen molar-refractivity contribution in [3.05, 3.63) is 95.1 Å². The molecule has 3 aromatic carbocycles. The van der Waals surface area contributed by atoms with Crippen molar-refractivity contribution in [2.75, 3.05) is 5.73 Å². The van der Waals surface area contributed by atoms with Crippen LogP contribution < -0.4 is 5.73 Å². The first-order chi connectivity index (χ1) is 13.7. The van der Waals surface area contributed by atoms with E-state index >= 15 is 0 Å². The summed E-state index contributed by atoms with van der Waals surface area (Å²) < 4.78 is 0. The molecule has 5 rings (SSSR count). The summed E-state index contributed by atoms with van der Waals surface area (Å²) in [5.41, 5.74) is 12.6. The van der Waals surface area contributed by atoms with Gasteiger partial charge in [0.2, 0.25) is 0 Å². The summed E-state index contributed by atoms with van der Waals surface area (Å²) in [5, 5.41) is 11.6. The maximum absolute atomic E-state index is 10.7. The van der Waals surface area contributed by atoms with Crippen LogP contribution in [0.5, 0.6) is 5.88 Å². The summed E-state index contributed by atoms with van der Waals surface area (Å²) in [6, 6.07) is 24.2. The van der Waals surface area contributed by atoms with Gasteiger partial charge in [-0.3, -0.25) is 4.99 Å². The number of nitrogens with zero attached hydrogens (tertiary/aromatic N) is 1. The second-order valence-corrected chi connectivity index (χ2v) is 7.25. The number of aryl methyl sites for hydroxylation is 1. The fourth-order valence-electron chi connectivity index (χ4n) is 4.14. The Morgan fingerprint density at radius 2 is 1.79 bits per heavy atom. The monoisotopic (exact) mass is 367 g/mol. The predicted octanol–water partition coefficient (Wildman–Crippen LogP) is 4.98. The van der Waals surface area contributed by atoms with Crippen molar-refractivity contribution in [2.24, 2.45) is 4.99 Å². The van der Waals surface area contributed by atoms with E-state index in [0.29, 0.717) is 11.3 Å². The van der Waals surface area contributed by atoms with E-state index in [1.165, 1.54) is 11.1 Å². The van der Waals surface area contributed by atoms with Crippen LogP contribution in [-0.2, 0) is 6.42 Å². The van der Waals surface area contributed by atoms with Gasteiger partial charge >= 0.3 is 0 Å². The van der Waals surface area contributed by atoms with E-state index in [4.69, 9.17) is 10.7 Å². The molecule has 138 valence electrons. The van der Waals surface area contributed by atoms with Crippen molar-refractivity contribution in [1.29, 1.82) is 0 Å². The van der Waals surface area contributed by atoms with Gasteiger partial charge in [-0.05, 0) is 42.2 Å². The average molecular weight is 367 g/mol. The molecular weight excluding hydrogens is 346 g/mol. The minimum Gasteiger partial charge on any atom is -0.494 e. The van der Waals surface area contributed by atoms with Crippen molar-refractivity contribution in [2.45, 2.75) is 18.9 Å². The van der Waals surface area contributed by atoms with Crippen molar-refractivity contribution < 1.29 is 5.11 Å². The highest BCUT2D eigenvalue weighted by Crippen LogP contribution is 2.37. The molecule has 0 saturated carbocycles. The lowest BCUT2D eigenvalue weighted by molar-refractivity contribution is 0.457. The highest BCUT2D eigenvalue weighted by molar-refractivity contribution is 6.21. The van der Waals surface area contributed by atoms with E-state index in [9.17, 15) is 5.11 Å². The number of aliphatic imine (C=N–C) groups is 1. The van der Waals surface area contributed by atoms with E-state index in [0.717, 1.165) is 35.0 Å². The van der Waals surface area contributed by atoms with Crippen molar-refractivity contribution in [3.8, 4) is 5.88 Å². The molecule has 4 nitrogen and oxygen atoms in total. The Labute approximate surface area is 163 Å². The van der Waals surface area contributed by atoms with Crippen LogP contribution in [0.2, 0.25) is 0 Å². The second-order valence-electron chi connectivity index (χ2n) is 7.25. The van der Waals surface area contributed by atoms with E-state index in [2.05, 4.69) is 29.2 Å². The first-order valence-corrected chi connectivity index (χ1v) is 9.52. The Kier molecular flexibility index (Phi) is 3.90. The van der Waals surface area contributed by atoms with Crippen LogP contribution in [0.4, 0.5) is 5.69 Å². The maximum Gasteiger partial charge on any atom is 0.199 e. The molecule has 1 aliphatic rings. The number of hydrogen-bond acceptors (Lipinski definition) is 3. The van der Waals surface area contributed by atoms with E-state index in [1.807, 2.05) is 48.5 Å². The number of hydrogen-bond donors (Lipinski definition) is 3. The number of rotatable bonds is 3. The summed E-state index contributed by atoms with van der Waals surface area (Å²) in [6.45, 7) is 0. The first-order valence-electron chi connectivity index (χ1n) is 9.52. The Balaban J connectivity index is 1.74. The van der Waals surface area contributed by atoms with Gasteiger partial charge in [-0.1, -0.05) is 54.6 Å². The topological polar surface area (TPSA) is 74.4 Å². The molecule has 0 spiro atoms. The molecule has 4 aromatic rings. The minimum absolute atomic E-state index is 0.0804. The molecule has 1 unspecified atom stereocenters. The highest BCUT2D eigenvalue weighted by Gasteiger charge is 2.25. The van der Waals surface area contributed by atoms with Gasteiger partial charge in [-0.25, -0.2) is 0 Å². The van der Waals surface area contributed by atoms with Gasteiger partial charge in [0, 0.05) is 22.2 Å². The van der Waals surface area contributed by atoms with Gasteiger partial charge in [-0.2, -0.15) is 0 Å². The Morgan fingerprint density at radius 1 is 1.00 bits per heavy atom. The van der Waals surface area contributed by atoms with Crippen LogP contribution in [0.1, 0.15) is 34.7 Å². The number of nitrogens with two attached hydrogens (primary N) is 1. The normalized spacial score (nSPS) is 16.4. The lowest BCUT2D eigenvalue weighted by Crippen LogP contribution is -2.06. The summed E-state index contributed by atoms with van der Waals surface area (Å²) >= 11 is 0. The molecule has 4 heteroatoms. The third-order valence-electron chi connectivity index (χ3n) is 5.47. The number of nitrogen functional groups attached to an aromatic ring is 1. The number of anilines is 1. The molecule has 0 radical (unpaired) electrons. The van der Waals surface area contributed by atoms with Gasteiger partial charge in [-0.15, -0.1) is 0 Å². The van der Waals surface area contributed by atoms with Crippen LogP contribution >= 0.6 is 0 Å². The number of fused-ring (bicyclic) bond motifs is 2. The van der Waals surface area contributed by atoms with Crippen LogP contribution in [0, 0.1) is 0 Å². The molecule has 0 amide bonds. The zero-order chi connectivity index (χ0) is 19.1. The Hall–Kier alpha value is -3.53. The van der Waals surface area contributed by atoms with Crippen LogP contribution in [0.25, 0.3) is 10.9 Å². The zero-order valence-electron chi connectivity index (χ0n) is 15.4. The van der Waals surface area contributed by atoms with Crippen molar-refractivity contribution in [3.63, 3.8) is 0 Å². The Morgan fingerprint density at radius 3 is 2.64 bits per heavy atom. The zero-order valence-corrected chi connectivity index (χ0v) is 15.4. The van der Waals surface area contributed by atoms with Gasteiger partial charge < -0.3 is 15.8 Å². The third-order valence-corrected chi connectivity index (χ3v) is 5.47. The lowest BCUT2D eigenvalue weighted by Gasteiger charge is -2.12. The standard InChI is InChI=1S/C24H21N3O/c25-17-11-13-21-19(14-17)22(24(28)27-21)23(16-7-2-1-3-8-16)26-20-12-10-15-6-4-5-9-18(15)20/h1-9,11,13-14,20,27-28H,10,12,25H2. The molecule has 1 aromatic heterocycles. The molecule has 0 aliphatic heterocycles. The average Bonchev–Trinajstić information content (AvgIpc) is 3.27. The van der Waals surface area contributed by atoms with Crippen LogP contribution in [-0.4, -0.2) is 15.8 Å². The molecular formula is C24H21N3O. The number of benzene rings is 3. The van der Waals surface area contributed by atoms with E-state index in [-0.39, 0.29) is 11.9 Å². The molecule has 28 heavy (non-hydrogen) atoms. The number of aromatic amines is 1. The molecule has 0 fully saturated rings. The van der Waals surface area contributed by atoms with Crippen LogP contribution in [0.15, 0.2) is 77.8 Å². The smallest absolute Gasteiger partial charge is 0.199 e. The minimum atomic E-state index is 0.0804. The maximum atomic E-state index is 10.7. The molecule has 1 heterocycles. The number of aromatic hydroxyl groups is 1. The first kappa shape index (κ1) is 16.6. The lowest BCUT2D eigenvalue weighted by atomic mass is 9.99. The fraction of sp³-hybridized carbons (Fsp3) is 0.125. The van der Waals surface area contributed by atoms with Gasteiger partial charge in [0.25, 0.3) is 0 Å². The molecule has 1 aliphatic carbocycles.